The van der Waals surface area contributed by atoms with Crippen molar-refractivity contribution in [1.82, 2.24) is 14.9 Å². The Labute approximate surface area is 137 Å². The van der Waals surface area contributed by atoms with Gasteiger partial charge in [0, 0.05) is 43.5 Å². The maximum atomic E-state index is 5.43. The summed E-state index contributed by atoms with van der Waals surface area (Å²) >= 11 is 0. The van der Waals surface area contributed by atoms with Gasteiger partial charge in [-0.05, 0) is 37.1 Å². The van der Waals surface area contributed by atoms with Crippen LogP contribution in [-0.4, -0.2) is 35.6 Å². The fourth-order valence-corrected chi connectivity index (χ4v) is 3.04. The molecule has 0 bridgehead atoms. The maximum Gasteiger partial charge on any atom is 0.161 e. The third-order valence-electron chi connectivity index (χ3n) is 4.37. The fourth-order valence-electron chi connectivity index (χ4n) is 3.04. The summed E-state index contributed by atoms with van der Waals surface area (Å²) in [6, 6.07) is 4.12. The first-order valence-electron chi connectivity index (χ1n) is 7.86. The highest BCUT2D eigenvalue weighted by Gasteiger charge is 2.19. The molecule has 0 amide bonds. The van der Waals surface area contributed by atoms with Gasteiger partial charge in [0.05, 0.1) is 14.2 Å². The molecule has 1 aliphatic rings. The van der Waals surface area contributed by atoms with E-state index in [-0.39, 0.29) is 0 Å². The van der Waals surface area contributed by atoms with Crippen molar-refractivity contribution < 1.29 is 9.47 Å². The molecule has 0 atom stereocenters. The summed E-state index contributed by atoms with van der Waals surface area (Å²) in [7, 11) is 3.34. The highest BCUT2D eigenvalue weighted by atomic mass is 16.5. The van der Waals surface area contributed by atoms with Crippen molar-refractivity contribution in [1.29, 1.82) is 0 Å². The standard InChI is InChI=1S/C18H23N3O2/c1-12-7-17(22-3)18(23-4)8-14(12)10-21-6-5-16-15(11-21)9-19-13(2)20-16/h7-9H,5-6,10-11H2,1-4H3. The molecule has 1 aromatic carbocycles. The molecule has 1 aliphatic heterocycles. The molecule has 5 heteroatoms. The Morgan fingerprint density at radius 2 is 1.87 bits per heavy atom. The predicted octanol–water partition coefficient (Wildman–Crippen LogP) is 2.67. The quantitative estimate of drug-likeness (QED) is 0.868. The highest BCUT2D eigenvalue weighted by molar-refractivity contribution is 5.47. The van der Waals surface area contributed by atoms with Crippen LogP contribution in [0, 0.1) is 13.8 Å². The van der Waals surface area contributed by atoms with Crippen molar-refractivity contribution in [2.24, 2.45) is 0 Å². The van der Waals surface area contributed by atoms with Gasteiger partial charge in [-0.1, -0.05) is 0 Å². The monoisotopic (exact) mass is 313 g/mol. The second-order valence-corrected chi connectivity index (χ2v) is 5.98. The number of hydrogen-bond acceptors (Lipinski definition) is 5. The van der Waals surface area contributed by atoms with Crippen LogP contribution in [0.5, 0.6) is 11.5 Å². The molecule has 23 heavy (non-hydrogen) atoms. The van der Waals surface area contributed by atoms with E-state index >= 15 is 0 Å². The van der Waals surface area contributed by atoms with E-state index < -0.39 is 0 Å². The smallest absolute Gasteiger partial charge is 0.161 e. The molecular weight excluding hydrogens is 290 g/mol. The summed E-state index contributed by atoms with van der Waals surface area (Å²) in [4.78, 5) is 11.3. The van der Waals surface area contributed by atoms with E-state index in [0.717, 1.165) is 43.4 Å². The zero-order valence-corrected chi connectivity index (χ0v) is 14.2. The number of hydrogen-bond donors (Lipinski definition) is 0. The number of ether oxygens (including phenoxy) is 2. The molecule has 2 heterocycles. The number of nitrogens with zero attached hydrogens (tertiary/aromatic N) is 3. The Morgan fingerprint density at radius 1 is 1.13 bits per heavy atom. The topological polar surface area (TPSA) is 47.5 Å². The van der Waals surface area contributed by atoms with Crippen LogP contribution in [0.3, 0.4) is 0 Å². The van der Waals surface area contributed by atoms with E-state index in [1.807, 2.05) is 19.2 Å². The zero-order chi connectivity index (χ0) is 16.4. The van der Waals surface area contributed by atoms with E-state index in [4.69, 9.17) is 9.47 Å². The number of aromatic nitrogens is 2. The molecule has 0 aliphatic carbocycles. The fraction of sp³-hybridized carbons (Fsp3) is 0.444. The first-order valence-corrected chi connectivity index (χ1v) is 7.86. The second kappa shape index (κ2) is 6.54. The number of methoxy groups -OCH3 is 2. The largest absolute Gasteiger partial charge is 0.493 e. The van der Waals surface area contributed by atoms with Gasteiger partial charge in [-0.2, -0.15) is 0 Å². The number of benzene rings is 1. The Hall–Kier alpha value is -2.14. The Kier molecular flexibility index (Phi) is 4.48. The second-order valence-electron chi connectivity index (χ2n) is 5.98. The third kappa shape index (κ3) is 3.29. The van der Waals surface area contributed by atoms with Gasteiger partial charge in [-0.15, -0.1) is 0 Å². The lowest BCUT2D eigenvalue weighted by Gasteiger charge is -2.28. The first kappa shape index (κ1) is 15.7. The molecule has 2 aromatic rings. The lowest BCUT2D eigenvalue weighted by molar-refractivity contribution is 0.241. The van der Waals surface area contributed by atoms with Crippen LogP contribution in [0.25, 0.3) is 0 Å². The van der Waals surface area contributed by atoms with Gasteiger partial charge in [0.1, 0.15) is 5.82 Å². The van der Waals surface area contributed by atoms with Gasteiger partial charge in [-0.3, -0.25) is 4.90 Å². The lowest BCUT2D eigenvalue weighted by Crippen LogP contribution is -2.31. The van der Waals surface area contributed by atoms with Crippen molar-refractivity contribution in [3.05, 3.63) is 46.5 Å². The minimum Gasteiger partial charge on any atom is -0.493 e. The summed E-state index contributed by atoms with van der Waals surface area (Å²) in [5.74, 6) is 2.42. The number of aryl methyl sites for hydroxylation is 2. The Morgan fingerprint density at radius 3 is 2.61 bits per heavy atom. The van der Waals surface area contributed by atoms with Gasteiger partial charge in [-0.25, -0.2) is 9.97 Å². The average Bonchev–Trinajstić information content (AvgIpc) is 2.56. The highest BCUT2D eigenvalue weighted by Crippen LogP contribution is 2.31. The molecule has 0 saturated carbocycles. The van der Waals surface area contributed by atoms with Crippen LogP contribution in [-0.2, 0) is 19.5 Å². The van der Waals surface area contributed by atoms with Crippen LogP contribution < -0.4 is 9.47 Å². The molecule has 0 fully saturated rings. The molecular formula is C18H23N3O2. The predicted molar refractivity (Wildman–Crippen MR) is 88.9 cm³/mol. The minimum absolute atomic E-state index is 0.779. The summed E-state index contributed by atoms with van der Waals surface area (Å²) in [6.07, 6.45) is 2.94. The lowest BCUT2D eigenvalue weighted by atomic mass is 10.0. The summed E-state index contributed by atoms with van der Waals surface area (Å²) in [5, 5.41) is 0. The van der Waals surface area contributed by atoms with Crippen LogP contribution >= 0.6 is 0 Å². The number of rotatable bonds is 4. The van der Waals surface area contributed by atoms with Crippen LogP contribution in [0.4, 0.5) is 0 Å². The van der Waals surface area contributed by atoms with Crippen LogP contribution in [0.15, 0.2) is 18.3 Å². The first-order chi connectivity index (χ1) is 11.1. The molecule has 5 nitrogen and oxygen atoms in total. The van der Waals surface area contributed by atoms with E-state index in [0.29, 0.717) is 0 Å². The molecule has 1 aromatic heterocycles. The zero-order valence-electron chi connectivity index (χ0n) is 14.2. The van der Waals surface area contributed by atoms with Crippen molar-refractivity contribution in [3.63, 3.8) is 0 Å². The maximum absolute atomic E-state index is 5.43. The van der Waals surface area contributed by atoms with E-state index in [1.54, 1.807) is 14.2 Å². The summed E-state index contributed by atoms with van der Waals surface area (Å²) in [6.45, 7) is 6.85. The van der Waals surface area contributed by atoms with E-state index in [2.05, 4.69) is 27.9 Å². The van der Waals surface area contributed by atoms with Crippen LogP contribution in [0.1, 0.15) is 28.2 Å². The number of fused-ring (bicyclic) bond motifs is 1. The van der Waals surface area contributed by atoms with Crippen molar-refractivity contribution >= 4 is 0 Å². The molecule has 0 unspecified atom stereocenters. The Balaban J connectivity index is 1.79. The summed E-state index contributed by atoms with van der Waals surface area (Å²) in [5.41, 5.74) is 4.91. The van der Waals surface area contributed by atoms with Gasteiger partial charge in [0.25, 0.3) is 0 Å². The van der Waals surface area contributed by atoms with Gasteiger partial charge >= 0.3 is 0 Å². The normalized spacial score (nSPS) is 14.4. The van der Waals surface area contributed by atoms with Gasteiger partial charge in [0.15, 0.2) is 11.5 Å². The summed E-state index contributed by atoms with van der Waals surface area (Å²) < 4.78 is 10.8. The van der Waals surface area contributed by atoms with Crippen molar-refractivity contribution in [3.8, 4) is 11.5 Å². The van der Waals surface area contributed by atoms with E-state index in [9.17, 15) is 0 Å². The van der Waals surface area contributed by atoms with E-state index in [1.165, 1.54) is 22.4 Å². The molecule has 3 rings (SSSR count). The Bertz CT molecular complexity index is 716. The molecule has 0 spiro atoms. The van der Waals surface area contributed by atoms with Gasteiger partial charge in [0.2, 0.25) is 0 Å². The average molecular weight is 313 g/mol. The molecule has 0 radical (unpaired) electrons. The molecule has 0 N–H and O–H groups in total. The van der Waals surface area contributed by atoms with Crippen molar-refractivity contribution in [2.75, 3.05) is 20.8 Å². The van der Waals surface area contributed by atoms with Crippen molar-refractivity contribution in [2.45, 2.75) is 33.4 Å². The third-order valence-corrected chi connectivity index (χ3v) is 4.37. The molecule has 0 saturated heterocycles. The van der Waals surface area contributed by atoms with Gasteiger partial charge < -0.3 is 9.47 Å². The SMILES string of the molecule is COc1cc(C)c(CN2CCc3nc(C)ncc3C2)cc1OC. The molecule has 122 valence electrons. The van der Waals surface area contributed by atoms with Crippen LogP contribution in [0.2, 0.25) is 0 Å². The minimum atomic E-state index is 0.779.